The Morgan fingerprint density at radius 2 is 1.90 bits per heavy atom. The monoisotopic (exact) mass is 284 g/mol. The summed E-state index contributed by atoms with van der Waals surface area (Å²) in [5, 5.41) is 9.38. The van der Waals surface area contributed by atoms with Gasteiger partial charge in [0.05, 0.1) is 6.61 Å². The van der Waals surface area contributed by atoms with Gasteiger partial charge < -0.3 is 10.8 Å². The molecule has 0 aromatic carbocycles. The average Bonchev–Trinajstić information content (AvgIpc) is 2.41. The maximum absolute atomic E-state index is 9.38. The van der Waals surface area contributed by atoms with Gasteiger partial charge in [0.2, 0.25) is 0 Å². The largest absolute Gasteiger partial charge is 0.395 e. The van der Waals surface area contributed by atoms with Gasteiger partial charge in [-0.1, -0.05) is 34.1 Å². The molecule has 0 saturated heterocycles. The molecule has 3 nitrogen and oxygen atoms in total. The molecule has 0 bridgehead atoms. The average molecular weight is 284 g/mol. The number of aliphatic hydroxyl groups excluding tert-OH is 1. The first-order valence-electron chi connectivity index (χ1n) is 8.49. The van der Waals surface area contributed by atoms with Crippen LogP contribution >= 0.6 is 0 Å². The maximum Gasteiger partial charge on any atom is 0.0558 e. The molecular formula is C17H36N2O. The Kier molecular flexibility index (Phi) is 7.49. The van der Waals surface area contributed by atoms with Gasteiger partial charge in [0, 0.05) is 12.6 Å². The molecule has 0 aromatic rings. The highest BCUT2D eigenvalue weighted by molar-refractivity contribution is 4.91. The van der Waals surface area contributed by atoms with Crippen molar-refractivity contribution in [2.24, 2.45) is 23.0 Å². The SMILES string of the molecule is CCCCN(CCO)C1CC(C(C)(C)C)CCC1CN. The minimum Gasteiger partial charge on any atom is -0.395 e. The fourth-order valence-corrected chi connectivity index (χ4v) is 3.65. The zero-order valence-corrected chi connectivity index (χ0v) is 14.1. The fourth-order valence-electron chi connectivity index (χ4n) is 3.65. The third-order valence-electron chi connectivity index (χ3n) is 5.14. The number of nitrogens with zero attached hydrogens (tertiary/aromatic N) is 1. The highest BCUT2D eigenvalue weighted by atomic mass is 16.3. The molecule has 3 atom stereocenters. The van der Waals surface area contributed by atoms with E-state index < -0.39 is 0 Å². The van der Waals surface area contributed by atoms with Crippen molar-refractivity contribution in [1.29, 1.82) is 0 Å². The highest BCUT2D eigenvalue weighted by Gasteiger charge is 2.37. The Bertz CT molecular complexity index is 262. The van der Waals surface area contributed by atoms with Gasteiger partial charge in [-0.25, -0.2) is 0 Å². The van der Waals surface area contributed by atoms with Gasteiger partial charge in [-0.3, -0.25) is 4.90 Å². The lowest BCUT2D eigenvalue weighted by Gasteiger charge is -2.46. The molecular weight excluding hydrogens is 248 g/mol. The summed E-state index contributed by atoms with van der Waals surface area (Å²) in [4.78, 5) is 2.51. The molecule has 1 aliphatic carbocycles. The van der Waals surface area contributed by atoms with Gasteiger partial charge in [-0.15, -0.1) is 0 Å². The molecule has 3 N–H and O–H groups in total. The van der Waals surface area contributed by atoms with Crippen molar-refractivity contribution in [3.05, 3.63) is 0 Å². The van der Waals surface area contributed by atoms with Crippen LogP contribution in [0.25, 0.3) is 0 Å². The lowest BCUT2D eigenvalue weighted by molar-refractivity contribution is 0.0352. The second kappa shape index (κ2) is 8.35. The predicted octanol–water partition coefficient (Wildman–Crippen LogP) is 2.87. The van der Waals surface area contributed by atoms with E-state index in [1.807, 2.05) is 0 Å². The first kappa shape index (κ1) is 17.9. The predicted molar refractivity (Wildman–Crippen MR) is 86.7 cm³/mol. The summed E-state index contributed by atoms with van der Waals surface area (Å²) in [6.45, 7) is 12.3. The molecule has 120 valence electrons. The van der Waals surface area contributed by atoms with E-state index >= 15 is 0 Å². The van der Waals surface area contributed by atoms with Crippen LogP contribution in [-0.2, 0) is 0 Å². The molecule has 20 heavy (non-hydrogen) atoms. The van der Waals surface area contributed by atoms with Crippen molar-refractivity contribution in [2.45, 2.75) is 65.8 Å². The number of aliphatic hydroxyl groups is 1. The molecule has 1 fully saturated rings. The molecule has 1 saturated carbocycles. The van der Waals surface area contributed by atoms with E-state index in [2.05, 4.69) is 32.6 Å². The first-order valence-corrected chi connectivity index (χ1v) is 8.49. The summed E-state index contributed by atoms with van der Waals surface area (Å²) in [6.07, 6.45) is 6.23. The zero-order chi connectivity index (χ0) is 15.2. The topological polar surface area (TPSA) is 49.5 Å². The van der Waals surface area contributed by atoms with Crippen LogP contribution in [0.4, 0.5) is 0 Å². The second-order valence-electron chi connectivity index (χ2n) is 7.55. The van der Waals surface area contributed by atoms with Crippen LogP contribution in [0, 0.1) is 17.3 Å². The third kappa shape index (κ3) is 5.01. The van der Waals surface area contributed by atoms with Crippen LogP contribution in [0.5, 0.6) is 0 Å². The molecule has 1 rings (SSSR count). The van der Waals surface area contributed by atoms with Crippen molar-refractivity contribution in [3.8, 4) is 0 Å². The van der Waals surface area contributed by atoms with Gasteiger partial charge in [0.15, 0.2) is 0 Å². The lowest BCUT2D eigenvalue weighted by atomic mass is 9.67. The zero-order valence-electron chi connectivity index (χ0n) is 14.1. The van der Waals surface area contributed by atoms with E-state index in [1.54, 1.807) is 0 Å². The summed E-state index contributed by atoms with van der Waals surface area (Å²) in [6, 6.07) is 0.566. The third-order valence-corrected chi connectivity index (χ3v) is 5.14. The van der Waals surface area contributed by atoms with Crippen molar-refractivity contribution in [2.75, 3.05) is 26.2 Å². The van der Waals surface area contributed by atoms with E-state index in [9.17, 15) is 5.11 Å². The van der Waals surface area contributed by atoms with Crippen molar-refractivity contribution < 1.29 is 5.11 Å². The van der Waals surface area contributed by atoms with Crippen LogP contribution in [-0.4, -0.2) is 42.3 Å². The number of hydrogen-bond donors (Lipinski definition) is 2. The molecule has 0 aromatic heterocycles. The van der Waals surface area contributed by atoms with Gasteiger partial charge in [0.1, 0.15) is 0 Å². The molecule has 0 heterocycles. The first-order chi connectivity index (χ1) is 9.43. The fraction of sp³-hybridized carbons (Fsp3) is 1.00. The summed E-state index contributed by atoms with van der Waals surface area (Å²) < 4.78 is 0. The maximum atomic E-state index is 9.38. The highest BCUT2D eigenvalue weighted by Crippen LogP contribution is 2.41. The van der Waals surface area contributed by atoms with Crippen LogP contribution in [0.15, 0.2) is 0 Å². The van der Waals surface area contributed by atoms with Crippen LogP contribution < -0.4 is 5.73 Å². The Balaban J connectivity index is 2.76. The van der Waals surface area contributed by atoms with E-state index in [1.165, 1.54) is 32.1 Å². The van der Waals surface area contributed by atoms with Crippen molar-refractivity contribution in [1.82, 2.24) is 4.90 Å². The molecule has 3 heteroatoms. The number of hydrogen-bond acceptors (Lipinski definition) is 3. The lowest BCUT2D eigenvalue weighted by Crippen LogP contribution is -2.49. The quantitative estimate of drug-likeness (QED) is 0.756. The Morgan fingerprint density at radius 1 is 1.20 bits per heavy atom. The molecule has 0 spiro atoms. The standard InChI is InChI=1S/C17H36N2O/c1-5-6-9-19(10-11-20)16-12-15(17(2,3)4)8-7-14(16)13-18/h14-16,20H,5-13,18H2,1-4H3. The van der Waals surface area contributed by atoms with E-state index in [0.29, 0.717) is 17.4 Å². The summed E-state index contributed by atoms with van der Waals surface area (Å²) in [5.41, 5.74) is 6.40. The molecule has 3 unspecified atom stereocenters. The minimum absolute atomic E-state index is 0.262. The van der Waals surface area contributed by atoms with Crippen molar-refractivity contribution in [3.63, 3.8) is 0 Å². The number of nitrogens with two attached hydrogens (primary N) is 1. The van der Waals surface area contributed by atoms with Crippen LogP contribution in [0.2, 0.25) is 0 Å². The summed E-state index contributed by atoms with van der Waals surface area (Å²) in [7, 11) is 0. The van der Waals surface area contributed by atoms with Gasteiger partial charge in [-0.2, -0.15) is 0 Å². The number of unbranched alkanes of at least 4 members (excludes halogenated alkanes) is 1. The molecule has 0 amide bonds. The molecule has 0 radical (unpaired) electrons. The molecule has 1 aliphatic rings. The Hall–Kier alpha value is -0.120. The summed E-state index contributed by atoms with van der Waals surface area (Å²) >= 11 is 0. The Labute approximate surface area is 125 Å². The van der Waals surface area contributed by atoms with E-state index in [4.69, 9.17) is 5.73 Å². The normalized spacial score (nSPS) is 28.1. The van der Waals surface area contributed by atoms with Crippen LogP contribution in [0.3, 0.4) is 0 Å². The molecule has 0 aliphatic heterocycles. The minimum atomic E-state index is 0.262. The Morgan fingerprint density at radius 3 is 2.40 bits per heavy atom. The van der Waals surface area contributed by atoms with E-state index in [0.717, 1.165) is 25.6 Å². The van der Waals surface area contributed by atoms with Gasteiger partial charge in [0.25, 0.3) is 0 Å². The van der Waals surface area contributed by atoms with Gasteiger partial charge in [-0.05, 0) is 56.0 Å². The van der Waals surface area contributed by atoms with E-state index in [-0.39, 0.29) is 6.61 Å². The summed E-state index contributed by atoms with van der Waals surface area (Å²) in [5.74, 6) is 1.38. The number of rotatable bonds is 7. The smallest absolute Gasteiger partial charge is 0.0558 e. The van der Waals surface area contributed by atoms with Crippen molar-refractivity contribution >= 4 is 0 Å². The van der Waals surface area contributed by atoms with Gasteiger partial charge >= 0.3 is 0 Å². The second-order valence-corrected chi connectivity index (χ2v) is 7.55. The van der Waals surface area contributed by atoms with Crippen LogP contribution in [0.1, 0.15) is 59.8 Å².